The van der Waals surface area contributed by atoms with Crippen molar-refractivity contribution in [2.24, 2.45) is 59.2 Å². The van der Waals surface area contributed by atoms with Gasteiger partial charge in [0.2, 0.25) is 47.3 Å². The summed E-state index contributed by atoms with van der Waals surface area (Å²) in [6.45, 7) is 36.0. The largest absolute Gasteiger partial charge is 0.462 e. The van der Waals surface area contributed by atoms with Gasteiger partial charge in [-0.05, 0) is 101 Å². The average Bonchev–Trinajstić information content (AvgIpc) is 0.792. The number of esters is 2. The summed E-state index contributed by atoms with van der Waals surface area (Å²) in [7, 11) is 13.1. The summed E-state index contributed by atoms with van der Waals surface area (Å²) in [5.41, 5.74) is 0.00583. The fourth-order valence-electron chi connectivity index (χ4n) is 13.8. The second-order valence-corrected chi connectivity index (χ2v) is 33.8. The summed E-state index contributed by atoms with van der Waals surface area (Å²) in [6.07, 6.45) is 1.41. The predicted molar refractivity (Wildman–Crippen MR) is 434 cm³/mol. The molecular formula is C85H143N9O19. The molecule has 1 N–H and O–H groups in total. The Morgan fingerprint density at radius 2 is 0.991 bits per heavy atom. The van der Waals surface area contributed by atoms with Crippen LogP contribution in [0.5, 0.6) is 0 Å². The van der Waals surface area contributed by atoms with Crippen LogP contribution in [0.25, 0.3) is 0 Å². The van der Waals surface area contributed by atoms with Crippen molar-refractivity contribution in [1.29, 1.82) is 0 Å². The molecule has 0 aromatic heterocycles. The molecule has 9 amide bonds. The molecule has 0 bridgehead atoms. The topological polar surface area (TPSA) is 323 Å². The number of allylic oxidation sites excluding steroid dienone is 2. The number of hydrogen-bond donors (Lipinski definition) is 1. The van der Waals surface area contributed by atoms with Crippen molar-refractivity contribution < 1.29 is 90.8 Å². The average molecular weight is 1600 g/mol. The van der Waals surface area contributed by atoms with Gasteiger partial charge in [-0.25, -0.2) is 9.59 Å². The summed E-state index contributed by atoms with van der Waals surface area (Å²) in [6, 6.07) is -0.834. The van der Waals surface area contributed by atoms with Crippen molar-refractivity contribution in [2.45, 2.75) is 263 Å². The molecule has 0 aliphatic heterocycles. The number of amides is 9. The minimum absolute atomic E-state index is 0.0493. The Balaban J connectivity index is 3.71. The smallest absolute Gasteiger partial charge is 0.410 e. The van der Waals surface area contributed by atoms with Gasteiger partial charge in [0, 0.05) is 120 Å². The third kappa shape index (κ3) is 32.6. The molecule has 642 valence electrons. The van der Waals surface area contributed by atoms with E-state index in [9.17, 15) is 52.7 Å². The number of carbonyl (C=O) groups is 14. The lowest BCUT2D eigenvalue weighted by molar-refractivity contribution is -0.164. The van der Waals surface area contributed by atoms with E-state index in [0.29, 0.717) is 6.42 Å². The van der Waals surface area contributed by atoms with Gasteiger partial charge in [-0.1, -0.05) is 146 Å². The second kappa shape index (κ2) is 48.9. The van der Waals surface area contributed by atoms with Crippen molar-refractivity contribution in [3.63, 3.8) is 0 Å². The highest BCUT2D eigenvalue weighted by Crippen LogP contribution is 2.31. The van der Waals surface area contributed by atoms with Gasteiger partial charge in [-0.15, -0.1) is 0 Å². The SMILES string of the molecule is C/C=C/C[C@@H](C)[C@@H](OC(C)=O)[C@@H](C(=O)N[C@@H](CC)C(=O)OCCN(C)C(C)=O)N(C)C(=O)[C@H](C(C)C)N(C)C(=O)[C@H](CC(C)C)N(C)C(=O)[C@H](CC(C)C)N(C)C(=O)[C@@H](C)CC(=O)[C@H](C)CC(=O)[C@H](CC(C)C)N(C)C(=O)[C@@H](CC(=O)[C@H]([C@H](C)COC)N(C)C(=O)[C@@H](COC(C)(C)C)N(C)C(=O)OCc1ccccc1)C(C)C. The van der Waals surface area contributed by atoms with E-state index in [0.717, 1.165) is 15.4 Å². The lowest BCUT2D eigenvalue weighted by Crippen LogP contribution is -2.63. The number of ketones is 3. The first kappa shape index (κ1) is 103. The van der Waals surface area contributed by atoms with E-state index in [4.69, 9.17) is 23.7 Å². The molecule has 0 saturated carbocycles. The molecule has 14 atom stereocenters. The number of ether oxygens (including phenoxy) is 5. The minimum atomic E-state index is -1.57. The number of benzene rings is 1. The third-order valence-corrected chi connectivity index (χ3v) is 20.8. The summed E-state index contributed by atoms with van der Waals surface area (Å²) in [5.74, 6) is -13.2. The molecule has 0 spiro atoms. The lowest BCUT2D eigenvalue weighted by Gasteiger charge is -2.42. The monoisotopic (exact) mass is 1590 g/mol. The zero-order valence-corrected chi connectivity index (χ0v) is 74.0. The first-order chi connectivity index (χ1) is 52.4. The Kier molecular flexibility index (Phi) is 44.5. The molecule has 1 aromatic rings. The molecule has 1 rings (SSSR count). The molecule has 0 aliphatic carbocycles. The van der Waals surface area contributed by atoms with E-state index in [1.165, 1.54) is 99.7 Å². The molecule has 28 heteroatoms. The molecular weight excluding hydrogens is 1450 g/mol. The van der Waals surface area contributed by atoms with E-state index in [2.05, 4.69) is 5.32 Å². The maximum absolute atomic E-state index is 15.4. The Labute approximate surface area is 675 Å². The van der Waals surface area contributed by atoms with Gasteiger partial charge in [-0.3, -0.25) is 62.4 Å². The molecule has 0 saturated heterocycles. The van der Waals surface area contributed by atoms with E-state index in [1.807, 2.05) is 65.8 Å². The number of nitrogens with zero attached hydrogens (tertiary/aromatic N) is 8. The molecule has 113 heavy (non-hydrogen) atoms. The van der Waals surface area contributed by atoms with Crippen molar-refractivity contribution >= 4 is 82.6 Å². The fraction of sp³-hybridized carbons (Fsp3) is 0.741. The quantitative estimate of drug-likeness (QED) is 0.0360. The molecule has 28 nitrogen and oxygen atoms in total. The normalized spacial score (nSPS) is 15.5. The van der Waals surface area contributed by atoms with Crippen LogP contribution in [0, 0.1) is 59.2 Å². The van der Waals surface area contributed by atoms with Crippen LogP contribution >= 0.6 is 0 Å². The second-order valence-electron chi connectivity index (χ2n) is 33.8. The number of carbonyl (C=O) groups excluding carboxylic acids is 14. The maximum Gasteiger partial charge on any atom is 0.410 e. The van der Waals surface area contributed by atoms with Crippen LogP contribution in [0.15, 0.2) is 42.5 Å². The number of likely N-dealkylation sites (N-methyl/N-ethyl adjacent to an activating group) is 8. The van der Waals surface area contributed by atoms with E-state index in [-0.39, 0.29) is 102 Å². The van der Waals surface area contributed by atoms with Gasteiger partial charge in [-0.2, -0.15) is 0 Å². The molecule has 0 heterocycles. The summed E-state index contributed by atoms with van der Waals surface area (Å²) >= 11 is 0. The number of Topliss-reactive ketones (excluding diaryl/α,β-unsaturated/α-hetero) is 3. The molecule has 0 radical (unpaired) electrons. The first-order valence-electron chi connectivity index (χ1n) is 40.1. The molecule has 0 aliphatic rings. The van der Waals surface area contributed by atoms with Gasteiger partial charge < -0.3 is 63.3 Å². The number of nitrogens with one attached hydrogen (secondary N) is 1. The standard InChI is InChI=1S/C85H143N9O19/c1-31-33-37-56(13)75(113-61(18)96)74(76(100)86-64(32-2)83(107)110-41-40-87(22)60(17)95)94(29)82(106)72(55(11)12)92(27)80(104)67(44-53(7)8)90(25)79(103)66(43-52(5)6)89(24)77(101)58(15)46-69(97)57(14)45-70(98)65(42-51(3)4)88(23)78(102)63(54(9)10)47-71(99)73(59(16)48-109-30)93(28)81(105)68(50-112-85(19,20)21)91(26)84(108)111-49-62-38-35-34-36-39-62/h31,33-36,38-39,51-59,63-68,72-75H,32,37,40-50H2,1-30H3,(H,86,100)/b33-31+/t56-,57-,58+,59-,63+,64+,65+,66+,67+,68-,72+,73+,74+,75-/m1/s1. The first-order valence-corrected chi connectivity index (χ1v) is 40.1. The zero-order valence-electron chi connectivity index (χ0n) is 74.0. The Morgan fingerprint density at radius 3 is 1.47 bits per heavy atom. The molecule has 1 aromatic carbocycles. The number of methoxy groups -OCH3 is 1. The summed E-state index contributed by atoms with van der Waals surface area (Å²) < 4.78 is 28.6. The highest BCUT2D eigenvalue weighted by atomic mass is 16.6. The minimum Gasteiger partial charge on any atom is -0.462 e. The third-order valence-electron chi connectivity index (χ3n) is 20.8. The van der Waals surface area contributed by atoms with Gasteiger partial charge in [0.25, 0.3) is 0 Å². The summed E-state index contributed by atoms with van der Waals surface area (Å²) in [4.78, 5) is 211. The van der Waals surface area contributed by atoms with Crippen LogP contribution in [0.4, 0.5) is 4.79 Å². The highest BCUT2D eigenvalue weighted by molar-refractivity contribution is 5.99. The zero-order chi connectivity index (χ0) is 87.1. The van der Waals surface area contributed by atoms with Gasteiger partial charge in [0.05, 0.1) is 37.4 Å². The van der Waals surface area contributed by atoms with Crippen LogP contribution in [0.1, 0.15) is 202 Å². The predicted octanol–water partition coefficient (Wildman–Crippen LogP) is 9.35. The van der Waals surface area contributed by atoms with Crippen molar-refractivity contribution in [3.05, 3.63) is 48.0 Å². The Hall–Kier alpha value is -8.14. The van der Waals surface area contributed by atoms with E-state index < -0.39 is 178 Å². The Morgan fingerprint density at radius 1 is 0.504 bits per heavy atom. The number of rotatable bonds is 49. The van der Waals surface area contributed by atoms with E-state index >= 15 is 14.4 Å². The van der Waals surface area contributed by atoms with Crippen molar-refractivity contribution in [3.8, 4) is 0 Å². The van der Waals surface area contributed by atoms with Gasteiger partial charge in [0.15, 0.2) is 11.6 Å². The van der Waals surface area contributed by atoms with Crippen molar-refractivity contribution in [1.82, 2.24) is 44.5 Å². The van der Waals surface area contributed by atoms with Crippen molar-refractivity contribution in [2.75, 3.05) is 89.9 Å². The Bertz CT molecular complexity index is 3320. The molecule has 0 fully saturated rings. The van der Waals surface area contributed by atoms with E-state index in [1.54, 1.807) is 115 Å². The van der Waals surface area contributed by atoms with Crippen LogP contribution in [0.3, 0.4) is 0 Å². The lowest BCUT2D eigenvalue weighted by atomic mass is 9.83. The molecule has 0 unspecified atom stereocenters. The fourth-order valence-corrected chi connectivity index (χ4v) is 13.8. The van der Waals surface area contributed by atoms with Gasteiger partial charge >= 0.3 is 18.0 Å². The maximum atomic E-state index is 15.4. The van der Waals surface area contributed by atoms with Crippen LogP contribution < -0.4 is 5.32 Å². The van der Waals surface area contributed by atoms with Crippen LogP contribution in [-0.4, -0.2) is 272 Å². The van der Waals surface area contributed by atoms with Crippen LogP contribution in [-0.2, 0) is 92.6 Å². The highest BCUT2D eigenvalue weighted by Gasteiger charge is 2.48. The number of hydrogen-bond acceptors (Lipinski definition) is 19. The van der Waals surface area contributed by atoms with Gasteiger partial charge in [0.1, 0.15) is 61.4 Å². The summed E-state index contributed by atoms with van der Waals surface area (Å²) in [5, 5.41) is 2.72. The van der Waals surface area contributed by atoms with Crippen LogP contribution in [0.2, 0.25) is 0 Å².